The molecular weight excluding hydrogens is 714 g/mol. The summed E-state index contributed by atoms with van der Waals surface area (Å²) in [7, 11) is 0. The number of halogens is 1. The number of nitrogens with two attached hydrogens (primary N) is 1. The Morgan fingerprint density at radius 3 is 2.30 bits per heavy atom. The van der Waals surface area contributed by atoms with Gasteiger partial charge in [-0.2, -0.15) is 5.10 Å². The highest BCUT2D eigenvalue weighted by molar-refractivity contribution is 5.95. The van der Waals surface area contributed by atoms with Crippen LogP contribution in [0.4, 0.5) is 4.39 Å². The van der Waals surface area contributed by atoms with E-state index in [1.54, 1.807) is 29.2 Å². The highest BCUT2D eigenvalue weighted by Gasteiger charge is 2.51. The first-order valence-corrected chi connectivity index (χ1v) is 20.9. The van der Waals surface area contributed by atoms with Gasteiger partial charge >= 0.3 is 0 Å². The number of aromatic nitrogens is 2. The fourth-order valence-corrected chi connectivity index (χ4v) is 10.1. The van der Waals surface area contributed by atoms with Crippen LogP contribution in [0.25, 0.3) is 10.8 Å². The van der Waals surface area contributed by atoms with E-state index in [-0.39, 0.29) is 34.1 Å². The molecule has 4 N–H and O–H groups in total. The number of benzene rings is 2. The summed E-state index contributed by atoms with van der Waals surface area (Å²) >= 11 is 0. The summed E-state index contributed by atoms with van der Waals surface area (Å²) in [6.07, 6.45) is 12.9. The predicted octanol–water partition coefficient (Wildman–Crippen LogP) is 4.15. The third-order valence-electron chi connectivity index (χ3n) is 13.7. The lowest BCUT2D eigenvalue weighted by Crippen LogP contribution is -2.65. The molecule has 2 bridgehead atoms. The zero-order valence-corrected chi connectivity index (χ0v) is 32.4. The maximum Gasteiger partial charge on any atom is 0.272 e. The molecule has 0 spiro atoms. The van der Waals surface area contributed by atoms with E-state index in [0.717, 1.165) is 70.9 Å². The summed E-state index contributed by atoms with van der Waals surface area (Å²) in [5, 5.41) is 11.3. The van der Waals surface area contributed by atoms with Gasteiger partial charge in [0.1, 0.15) is 5.82 Å². The maximum atomic E-state index is 15.0. The van der Waals surface area contributed by atoms with Gasteiger partial charge < -0.3 is 25.6 Å². The standard InChI is InChI=1S/C43H56FN7O5/c44-35-11-10-30(25-36-32-8-4-5-9-33(32)39(53)48-47-36)24-34(35)41(55)51-22-20-50(21-23-51)37(52)27-49-18-12-29(13-19-49)26-43-16-14-42(15-17-43,28-56-43)46-40(54)38(45)31-6-2-1-3-7-31/h4-5,8-11,24,29,31,38H,1-3,6-7,12-23,25-28,45H2,(H,46,54)(H,48,53)/t38-,42?,43?/m1/s1. The lowest BCUT2D eigenvalue weighted by molar-refractivity contribution is -0.176. The molecular formula is C43H56FN7O5. The van der Waals surface area contributed by atoms with E-state index < -0.39 is 17.8 Å². The van der Waals surface area contributed by atoms with E-state index in [1.165, 1.54) is 25.3 Å². The summed E-state index contributed by atoms with van der Waals surface area (Å²) in [5.74, 6) is -0.0951. The van der Waals surface area contributed by atoms with Gasteiger partial charge in [-0.25, -0.2) is 9.49 Å². The van der Waals surface area contributed by atoms with E-state index >= 15 is 4.39 Å². The molecule has 300 valence electrons. The highest BCUT2D eigenvalue weighted by Crippen LogP contribution is 2.48. The minimum atomic E-state index is -0.593. The van der Waals surface area contributed by atoms with Gasteiger partial charge in [-0.15, -0.1) is 0 Å². The van der Waals surface area contributed by atoms with Gasteiger partial charge in [0.25, 0.3) is 11.5 Å². The van der Waals surface area contributed by atoms with Crippen LogP contribution in [0.15, 0.2) is 47.3 Å². The Morgan fingerprint density at radius 1 is 0.911 bits per heavy atom. The molecule has 2 saturated carbocycles. The monoisotopic (exact) mass is 769 g/mol. The molecule has 13 heteroatoms. The number of aromatic amines is 1. The predicted molar refractivity (Wildman–Crippen MR) is 210 cm³/mol. The minimum absolute atomic E-state index is 0.00280. The van der Waals surface area contributed by atoms with Crippen LogP contribution in [0, 0.1) is 17.7 Å². The van der Waals surface area contributed by atoms with Gasteiger partial charge in [-0.05, 0) is 106 Å². The number of nitrogens with one attached hydrogen (secondary N) is 2. The van der Waals surface area contributed by atoms with Crippen LogP contribution in [0.3, 0.4) is 0 Å². The molecule has 1 aromatic heterocycles. The summed E-state index contributed by atoms with van der Waals surface area (Å²) in [5.41, 5.74) is 7.10. The van der Waals surface area contributed by atoms with Crippen molar-refractivity contribution in [1.82, 2.24) is 30.2 Å². The molecule has 4 aliphatic heterocycles. The minimum Gasteiger partial charge on any atom is -0.373 e. The third-order valence-corrected chi connectivity index (χ3v) is 13.7. The molecule has 4 saturated heterocycles. The summed E-state index contributed by atoms with van der Waals surface area (Å²) < 4.78 is 21.6. The number of H-pyrrole nitrogens is 1. The normalized spacial score (nSPS) is 25.7. The molecule has 6 fully saturated rings. The van der Waals surface area contributed by atoms with Crippen LogP contribution in [-0.2, 0) is 20.7 Å². The third kappa shape index (κ3) is 8.26. The number of rotatable bonds is 10. The van der Waals surface area contributed by atoms with Crippen molar-refractivity contribution < 1.29 is 23.5 Å². The molecule has 12 nitrogen and oxygen atoms in total. The smallest absolute Gasteiger partial charge is 0.272 e. The Balaban J connectivity index is 0.770. The molecule has 3 amide bonds. The van der Waals surface area contributed by atoms with Gasteiger partial charge in [-0.1, -0.05) is 43.5 Å². The number of nitrogens with zero attached hydrogens (tertiary/aromatic N) is 4. The Morgan fingerprint density at radius 2 is 1.61 bits per heavy atom. The lowest BCUT2D eigenvalue weighted by Gasteiger charge is -2.54. The number of piperidine rings is 1. The Hall–Kier alpha value is -4.20. The fraction of sp³-hybridized carbons (Fsp3) is 0.605. The number of ether oxygens (including phenoxy) is 1. The molecule has 0 radical (unpaired) electrons. The highest BCUT2D eigenvalue weighted by atomic mass is 19.1. The number of hydrogen-bond acceptors (Lipinski definition) is 8. The number of hydrogen-bond donors (Lipinski definition) is 3. The van der Waals surface area contributed by atoms with Gasteiger partial charge in [-0.3, -0.25) is 24.1 Å². The topological polar surface area (TPSA) is 154 Å². The Kier molecular flexibility index (Phi) is 11.3. The van der Waals surface area contributed by atoms with Gasteiger partial charge in [0.15, 0.2) is 0 Å². The number of likely N-dealkylation sites (tertiary alicyclic amines) is 1. The van der Waals surface area contributed by atoms with Crippen LogP contribution in [0.1, 0.15) is 98.7 Å². The maximum absolute atomic E-state index is 15.0. The number of fused-ring (bicyclic) bond motifs is 4. The molecule has 3 aromatic rings. The average Bonchev–Trinajstić information content (AvgIpc) is 3.24. The first kappa shape index (κ1) is 38.7. The van der Waals surface area contributed by atoms with Gasteiger partial charge in [0, 0.05) is 38.0 Å². The first-order chi connectivity index (χ1) is 27.1. The Bertz CT molecular complexity index is 1960. The molecule has 1 atom stereocenters. The zero-order chi connectivity index (χ0) is 38.9. The molecule has 0 unspecified atom stereocenters. The van der Waals surface area contributed by atoms with Crippen molar-refractivity contribution in [2.75, 3.05) is 52.4 Å². The molecule has 5 heterocycles. The van der Waals surface area contributed by atoms with Gasteiger partial charge in [0.2, 0.25) is 11.8 Å². The second-order valence-corrected chi connectivity index (χ2v) is 17.3. The van der Waals surface area contributed by atoms with Crippen molar-refractivity contribution in [3.63, 3.8) is 0 Å². The SMILES string of the molecule is N[C@@H](C(=O)NC12CCC(CC3CCN(CC(=O)N4CCN(C(=O)c5cc(Cc6n[nH]c(=O)c7ccccc67)ccc5F)CC4)CC3)(CC1)OC2)C1CCCCC1. The van der Waals surface area contributed by atoms with E-state index in [4.69, 9.17) is 10.5 Å². The molecule has 56 heavy (non-hydrogen) atoms. The van der Waals surface area contributed by atoms with E-state index in [2.05, 4.69) is 20.4 Å². The number of carbonyl (C=O) groups excluding carboxylic acids is 3. The number of amides is 3. The summed E-state index contributed by atoms with van der Waals surface area (Å²) in [4.78, 5) is 57.9. The van der Waals surface area contributed by atoms with Crippen LogP contribution >= 0.6 is 0 Å². The van der Waals surface area contributed by atoms with Crippen LogP contribution in [-0.4, -0.2) is 112 Å². The fourth-order valence-electron chi connectivity index (χ4n) is 10.1. The first-order valence-electron chi connectivity index (χ1n) is 20.9. The van der Waals surface area contributed by atoms with Crippen LogP contribution in [0.2, 0.25) is 0 Å². The second-order valence-electron chi connectivity index (χ2n) is 17.3. The lowest BCUT2D eigenvalue weighted by atomic mass is 9.67. The van der Waals surface area contributed by atoms with Crippen molar-refractivity contribution >= 4 is 28.5 Å². The number of piperazine rings is 1. The number of carbonyl (C=O) groups is 3. The van der Waals surface area contributed by atoms with Crippen molar-refractivity contribution in [3.05, 3.63) is 75.5 Å². The van der Waals surface area contributed by atoms with Crippen LogP contribution in [0.5, 0.6) is 0 Å². The van der Waals surface area contributed by atoms with Gasteiger partial charge in [0.05, 0.1) is 47.0 Å². The van der Waals surface area contributed by atoms with Crippen molar-refractivity contribution in [1.29, 1.82) is 0 Å². The second kappa shape index (κ2) is 16.3. The largest absolute Gasteiger partial charge is 0.373 e. The van der Waals surface area contributed by atoms with Crippen molar-refractivity contribution in [3.8, 4) is 0 Å². The summed E-state index contributed by atoms with van der Waals surface area (Å²) in [6.45, 7) is 4.14. The molecule has 9 rings (SSSR count). The van der Waals surface area contributed by atoms with Crippen molar-refractivity contribution in [2.24, 2.45) is 17.6 Å². The van der Waals surface area contributed by atoms with Crippen molar-refractivity contribution in [2.45, 2.75) is 101 Å². The van der Waals surface area contributed by atoms with E-state index in [9.17, 15) is 19.2 Å². The molecule has 6 aliphatic rings. The summed E-state index contributed by atoms with van der Waals surface area (Å²) in [6, 6.07) is 11.3. The molecule has 2 aromatic carbocycles. The quantitative estimate of drug-likeness (QED) is 0.278. The average molecular weight is 770 g/mol. The van der Waals surface area contributed by atoms with E-state index in [0.29, 0.717) is 79.6 Å². The van der Waals surface area contributed by atoms with Crippen LogP contribution < -0.4 is 16.6 Å². The van der Waals surface area contributed by atoms with E-state index in [1.807, 2.05) is 17.0 Å². The zero-order valence-electron chi connectivity index (χ0n) is 32.4. The molecule has 2 aliphatic carbocycles. The Labute approximate surface area is 327 Å².